The molecule has 36 heavy (non-hydrogen) atoms. The van der Waals surface area contributed by atoms with E-state index in [4.69, 9.17) is 9.72 Å². The van der Waals surface area contributed by atoms with E-state index in [1.54, 1.807) is 43.5 Å². The molecule has 0 spiro atoms. The molecule has 0 unspecified atom stereocenters. The molecule has 5 rings (SSSR count). The fraction of sp³-hybridized carbons (Fsp3) is 0.538. The Balaban J connectivity index is 1.36. The molecule has 1 aromatic heterocycles. The molecule has 3 heterocycles. The van der Waals surface area contributed by atoms with Gasteiger partial charge in [0.1, 0.15) is 11.4 Å². The lowest BCUT2D eigenvalue weighted by atomic mass is 10.1. The van der Waals surface area contributed by atoms with Gasteiger partial charge in [-0.25, -0.2) is 4.98 Å². The lowest BCUT2D eigenvalue weighted by Crippen LogP contribution is -2.37. The number of benzene rings is 1. The lowest BCUT2D eigenvalue weighted by molar-refractivity contribution is -0.118. The highest BCUT2D eigenvalue weighted by Crippen LogP contribution is 2.37. The first-order chi connectivity index (χ1) is 17.5. The largest absolute Gasteiger partial charge is 0.495 e. The molecule has 1 saturated heterocycles. The summed E-state index contributed by atoms with van der Waals surface area (Å²) in [5.74, 6) is 1.67. The first-order valence-electron chi connectivity index (χ1n) is 12.9. The zero-order chi connectivity index (χ0) is 25.1. The Labute approximate surface area is 211 Å². The maximum atomic E-state index is 12.7. The van der Waals surface area contributed by atoms with E-state index in [9.17, 15) is 9.59 Å². The van der Waals surface area contributed by atoms with E-state index in [1.165, 1.54) is 12.8 Å². The Morgan fingerprint density at radius 3 is 2.81 bits per heavy atom. The molecule has 0 bridgehead atoms. The number of aromatic nitrogens is 2. The van der Waals surface area contributed by atoms with Gasteiger partial charge in [0.05, 0.1) is 19.0 Å². The molecule has 3 N–H and O–H groups in total. The fourth-order valence-corrected chi connectivity index (χ4v) is 5.38. The summed E-state index contributed by atoms with van der Waals surface area (Å²) < 4.78 is 5.58. The predicted octanol–water partition coefficient (Wildman–Crippen LogP) is 2.83. The van der Waals surface area contributed by atoms with E-state index in [2.05, 4.69) is 25.8 Å². The number of hydrogen-bond acceptors (Lipinski definition) is 8. The van der Waals surface area contributed by atoms with Gasteiger partial charge in [-0.15, -0.1) is 0 Å². The van der Waals surface area contributed by atoms with Crippen molar-refractivity contribution in [1.29, 1.82) is 0 Å². The van der Waals surface area contributed by atoms with E-state index in [0.29, 0.717) is 54.5 Å². The van der Waals surface area contributed by atoms with Crippen LogP contribution >= 0.6 is 0 Å². The molecule has 2 fully saturated rings. The van der Waals surface area contributed by atoms with Crippen molar-refractivity contribution in [2.45, 2.75) is 57.0 Å². The quantitative estimate of drug-likeness (QED) is 0.540. The van der Waals surface area contributed by atoms with Crippen molar-refractivity contribution >= 4 is 35.0 Å². The molecule has 3 aliphatic rings. The summed E-state index contributed by atoms with van der Waals surface area (Å²) in [6.07, 6.45) is 9.01. The summed E-state index contributed by atoms with van der Waals surface area (Å²) in [7, 11) is 3.36. The molecule has 10 heteroatoms. The summed E-state index contributed by atoms with van der Waals surface area (Å²) in [6, 6.07) is 6.02. The van der Waals surface area contributed by atoms with E-state index in [1.807, 2.05) is 0 Å². The first kappa shape index (κ1) is 24.3. The topological polar surface area (TPSA) is 112 Å². The van der Waals surface area contributed by atoms with Gasteiger partial charge in [-0.1, -0.05) is 12.8 Å². The van der Waals surface area contributed by atoms with Gasteiger partial charge in [0.15, 0.2) is 5.82 Å². The Morgan fingerprint density at radius 1 is 1.22 bits per heavy atom. The third-order valence-electron chi connectivity index (χ3n) is 7.47. The normalized spacial score (nSPS) is 20.3. The van der Waals surface area contributed by atoms with Gasteiger partial charge in [0.2, 0.25) is 11.9 Å². The van der Waals surface area contributed by atoms with Crippen molar-refractivity contribution in [2.75, 3.05) is 48.9 Å². The van der Waals surface area contributed by atoms with Crippen molar-refractivity contribution in [3.8, 4) is 5.75 Å². The summed E-state index contributed by atoms with van der Waals surface area (Å²) in [6.45, 7) is 2.27. The highest BCUT2D eigenvalue weighted by molar-refractivity contribution is 5.97. The van der Waals surface area contributed by atoms with Crippen LogP contribution in [-0.2, 0) is 4.79 Å². The van der Waals surface area contributed by atoms with Gasteiger partial charge in [-0.05, 0) is 50.4 Å². The number of methoxy groups -OCH3 is 1. The second-order valence-corrected chi connectivity index (χ2v) is 9.78. The van der Waals surface area contributed by atoms with Crippen molar-refractivity contribution in [2.24, 2.45) is 0 Å². The Morgan fingerprint density at radius 2 is 2.06 bits per heavy atom. The number of ether oxygens (including phenoxy) is 1. The fourth-order valence-electron chi connectivity index (χ4n) is 5.38. The van der Waals surface area contributed by atoms with Crippen LogP contribution in [0.5, 0.6) is 5.75 Å². The van der Waals surface area contributed by atoms with Crippen LogP contribution in [0, 0.1) is 0 Å². The van der Waals surface area contributed by atoms with E-state index < -0.39 is 0 Å². The number of anilines is 4. The van der Waals surface area contributed by atoms with Gasteiger partial charge in [-0.2, -0.15) is 4.98 Å². The second kappa shape index (κ2) is 10.7. The van der Waals surface area contributed by atoms with Gasteiger partial charge >= 0.3 is 0 Å². The average Bonchev–Trinajstić information content (AvgIpc) is 3.60. The number of nitrogens with one attached hydrogen (secondary N) is 3. The Kier molecular flexibility index (Phi) is 7.22. The summed E-state index contributed by atoms with van der Waals surface area (Å²) in [5, 5.41) is 9.64. The smallest absolute Gasteiger partial charge is 0.251 e. The zero-order valence-electron chi connectivity index (χ0n) is 21.0. The highest BCUT2D eigenvalue weighted by Gasteiger charge is 2.31. The van der Waals surface area contributed by atoms with Crippen molar-refractivity contribution < 1.29 is 14.3 Å². The van der Waals surface area contributed by atoms with E-state index in [-0.39, 0.29) is 11.8 Å². The molecule has 192 valence electrons. The number of hydrogen-bond donors (Lipinski definition) is 3. The Hall–Kier alpha value is -3.40. The average molecular weight is 494 g/mol. The third-order valence-corrected chi connectivity index (χ3v) is 7.47. The molecule has 1 aromatic carbocycles. The van der Waals surface area contributed by atoms with Crippen LogP contribution in [0.3, 0.4) is 0 Å². The standard InChI is InChI=1S/C26H35N7O3/c1-32-21-16-29-26(31-24(21)33(13-11-23(32)34)19-7-3-4-8-19)30-20-10-9-17(14-22(20)36-2)25(35)28-15-18-6-5-12-27-18/h9-10,14,16,18-19,27H,3-8,11-13,15H2,1-2H3,(H,28,35)(H,29,30,31)/t18-/m1/s1. The molecular weight excluding hydrogens is 458 g/mol. The minimum absolute atomic E-state index is 0.0697. The molecule has 2 aliphatic heterocycles. The van der Waals surface area contributed by atoms with Crippen LogP contribution in [0.1, 0.15) is 55.3 Å². The summed E-state index contributed by atoms with van der Waals surface area (Å²) in [4.78, 5) is 38.5. The molecule has 1 aliphatic carbocycles. The van der Waals surface area contributed by atoms with Crippen molar-refractivity contribution in [1.82, 2.24) is 20.6 Å². The highest BCUT2D eigenvalue weighted by atomic mass is 16.5. The first-order valence-corrected chi connectivity index (χ1v) is 12.9. The molecule has 1 saturated carbocycles. The number of carbonyl (C=O) groups excluding carboxylic acids is 2. The minimum Gasteiger partial charge on any atom is -0.495 e. The number of fused-ring (bicyclic) bond motifs is 1. The van der Waals surface area contributed by atoms with Crippen LogP contribution < -0.4 is 30.5 Å². The number of rotatable bonds is 7. The molecular formula is C26H35N7O3. The van der Waals surface area contributed by atoms with Crippen LogP contribution in [0.2, 0.25) is 0 Å². The maximum Gasteiger partial charge on any atom is 0.251 e. The second-order valence-electron chi connectivity index (χ2n) is 9.78. The predicted molar refractivity (Wildman–Crippen MR) is 139 cm³/mol. The van der Waals surface area contributed by atoms with Gasteiger partial charge in [-0.3, -0.25) is 9.59 Å². The molecule has 1 atom stereocenters. The molecule has 10 nitrogen and oxygen atoms in total. The number of nitrogens with zero attached hydrogens (tertiary/aromatic N) is 4. The van der Waals surface area contributed by atoms with Crippen LogP contribution in [0.4, 0.5) is 23.1 Å². The minimum atomic E-state index is -0.130. The van der Waals surface area contributed by atoms with E-state index in [0.717, 1.165) is 43.7 Å². The molecule has 2 aromatic rings. The Bertz CT molecular complexity index is 1110. The van der Waals surface area contributed by atoms with Crippen LogP contribution in [0.15, 0.2) is 24.4 Å². The molecule has 0 radical (unpaired) electrons. The van der Waals surface area contributed by atoms with E-state index >= 15 is 0 Å². The van der Waals surface area contributed by atoms with Crippen LogP contribution in [0.25, 0.3) is 0 Å². The number of amides is 2. The monoisotopic (exact) mass is 493 g/mol. The zero-order valence-corrected chi connectivity index (χ0v) is 21.0. The SMILES string of the molecule is COc1cc(C(=O)NC[C@H]2CCCN2)ccc1Nc1ncc2c(n1)N(C1CCCC1)CCC(=O)N2C. The molecule has 2 amide bonds. The summed E-state index contributed by atoms with van der Waals surface area (Å²) in [5.41, 5.74) is 1.92. The lowest BCUT2D eigenvalue weighted by Gasteiger charge is -2.30. The van der Waals surface area contributed by atoms with Crippen LogP contribution in [-0.4, -0.2) is 67.7 Å². The van der Waals surface area contributed by atoms with Crippen molar-refractivity contribution in [3.05, 3.63) is 30.0 Å². The summed E-state index contributed by atoms with van der Waals surface area (Å²) >= 11 is 0. The van der Waals surface area contributed by atoms with Gasteiger partial charge in [0.25, 0.3) is 5.91 Å². The third kappa shape index (κ3) is 5.09. The van der Waals surface area contributed by atoms with Crippen molar-refractivity contribution in [3.63, 3.8) is 0 Å². The maximum absolute atomic E-state index is 12.7. The van der Waals surface area contributed by atoms with Gasteiger partial charge in [0, 0.05) is 44.2 Å². The number of carbonyl (C=O) groups is 2. The van der Waals surface area contributed by atoms with Gasteiger partial charge < -0.3 is 30.5 Å².